The van der Waals surface area contributed by atoms with E-state index in [1.165, 1.54) is 0 Å². The zero-order valence-electron chi connectivity index (χ0n) is 7.76. The van der Waals surface area contributed by atoms with Crippen LogP contribution in [-0.2, 0) is 6.54 Å². The van der Waals surface area contributed by atoms with Gasteiger partial charge in [0.15, 0.2) is 0 Å². The first-order valence-electron chi connectivity index (χ1n) is 4.80. The van der Waals surface area contributed by atoms with Gasteiger partial charge in [-0.3, -0.25) is 9.58 Å². The second kappa shape index (κ2) is 3.89. The average Bonchev–Trinajstić information content (AvgIpc) is 2.71. The fourth-order valence-corrected chi connectivity index (χ4v) is 1.74. The van der Waals surface area contributed by atoms with Gasteiger partial charge < -0.3 is 5.73 Å². The number of hydrogen-bond acceptors (Lipinski definition) is 3. The quantitative estimate of drug-likeness (QED) is 0.707. The molecule has 1 aromatic heterocycles. The minimum Gasteiger partial charge on any atom is -0.326 e. The lowest BCUT2D eigenvalue weighted by molar-refractivity contribution is 0.312. The van der Waals surface area contributed by atoms with Crippen LogP contribution < -0.4 is 5.73 Å². The molecule has 4 heteroatoms. The van der Waals surface area contributed by atoms with Crippen LogP contribution in [0.2, 0.25) is 0 Å². The Balaban J connectivity index is 1.74. The highest BCUT2D eigenvalue weighted by molar-refractivity contribution is 4.80. The van der Waals surface area contributed by atoms with E-state index in [1.807, 2.05) is 23.1 Å². The molecular weight excluding hydrogens is 164 g/mol. The summed E-state index contributed by atoms with van der Waals surface area (Å²) < 4.78 is 1.96. The molecule has 2 rings (SSSR count). The summed E-state index contributed by atoms with van der Waals surface area (Å²) in [5, 5.41) is 4.15. The fraction of sp³-hybridized carbons (Fsp3) is 0.667. The van der Waals surface area contributed by atoms with Crippen molar-refractivity contribution in [2.75, 3.05) is 19.6 Å². The van der Waals surface area contributed by atoms with E-state index in [1.54, 1.807) is 0 Å². The van der Waals surface area contributed by atoms with Crippen LogP contribution in [0.15, 0.2) is 18.5 Å². The molecule has 0 unspecified atom stereocenters. The predicted octanol–water partition coefficient (Wildman–Crippen LogP) is -0.0839. The van der Waals surface area contributed by atoms with Crippen LogP contribution in [0.1, 0.15) is 6.42 Å². The van der Waals surface area contributed by atoms with Gasteiger partial charge in [0.1, 0.15) is 0 Å². The highest BCUT2D eigenvalue weighted by atomic mass is 15.3. The molecule has 4 nitrogen and oxygen atoms in total. The Hall–Kier alpha value is -0.870. The zero-order valence-corrected chi connectivity index (χ0v) is 7.76. The molecule has 2 heterocycles. The van der Waals surface area contributed by atoms with Crippen LogP contribution in [0, 0.1) is 0 Å². The number of nitrogens with zero attached hydrogens (tertiary/aromatic N) is 3. The largest absolute Gasteiger partial charge is 0.326 e. The van der Waals surface area contributed by atoms with Gasteiger partial charge in [0, 0.05) is 31.5 Å². The number of rotatable bonds is 3. The van der Waals surface area contributed by atoms with E-state index in [2.05, 4.69) is 10.00 Å². The van der Waals surface area contributed by atoms with Gasteiger partial charge in [-0.2, -0.15) is 5.10 Å². The highest BCUT2D eigenvalue weighted by Crippen LogP contribution is 2.06. The average molecular weight is 180 g/mol. The third kappa shape index (κ3) is 2.29. The molecule has 0 saturated carbocycles. The lowest BCUT2D eigenvalue weighted by Gasteiger charge is -2.14. The third-order valence-electron chi connectivity index (χ3n) is 2.51. The van der Waals surface area contributed by atoms with E-state index in [4.69, 9.17) is 5.73 Å². The summed E-state index contributed by atoms with van der Waals surface area (Å²) in [6, 6.07) is 2.34. The van der Waals surface area contributed by atoms with Crippen molar-refractivity contribution in [2.45, 2.75) is 19.0 Å². The molecule has 0 amide bonds. The monoisotopic (exact) mass is 180 g/mol. The van der Waals surface area contributed by atoms with E-state index >= 15 is 0 Å². The summed E-state index contributed by atoms with van der Waals surface area (Å²) in [5.74, 6) is 0. The molecule has 1 aliphatic rings. The van der Waals surface area contributed by atoms with E-state index < -0.39 is 0 Å². The van der Waals surface area contributed by atoms with Gasteiger partial charge in [-0.15, -0.1) is 0 Å². The smallest absolute Gasteiger partial charge is 0.0536 e. The van der Waals surface area contributed by atoms with Gasteiger partial charge >= 0.3 is 0 Å². The van der Waals surface area contributed by atoms with Gasteiger partial charge in [0.25, 0.3) is 0 Å². The molecule has 72 valence electrons. The van der Waals surface area contributed by atoms with Crippen LogP contribution in [0.3, 0.4) is 0 Å². The molecule has 1 fully saturated rings. The summed E-state index contributed by atoms with van der Waals surface area (Å²) >= 11 is 0. The Bertz CT molecular complexity index is 244. The molecule has 1 atom stereocenters. The fourth-order valence-electron chi connectivity index (χ4n) is 1.74. The summed E-state index contributed by atoms with van der Waals surface area (Å²) in [7, 11) is 0. The molecule has 13 heavy (non-hydrogen) atoms. The van der Waals surface area contributed by atoms with Crippen molar-refractivity contribution in [1.82, 2.24) is 14.7 Å². The van der Waals surface area contributed by atoms with Crippen LogP contribution in [0.4, 0.5) is 0 Å². The summed E-state index contributed by atoms with van der Waals surface area (Å²) in [5.41, 5.74) is 5.81. The van der Waals surface area contributed by atoms with E-state index in [-0.39, 0.29) is 0 Å². The first kappa shape index (κ1) is 8.72. The molecule has 0 aromatic carbocycles. The lowest BCUT2D eigenvalue weighted by atomic mass is 10.3. The van der Waals surface area contributed by atoms with Crippen molar-refractivity contribution in [3.63, 3.8) is 0 Å². The van der Waals surface area contributed by atoms with Crippen molar-refractivity contribution in [2.24, 2.45) is 5.73 Å². The van der Waals surface area contributed by atoms with Crippen LogP contribution in [0.5, 0.6) is 0 Å². The topological polar surface area (TPSA) is 47.1 Å². The first-order chi connectivity index (χ1) is 6.34. The van der Waals surface area contributed by atoms with Crippen LogP contribution >= 0.6 is 0 Å². The standard InChI is InChI=1S/C9H16N4/c10-9-2-5-12(8-9)6-7-13-4-1-3-11-13/h1,3-4,9H,2,5-8,10H2/t9-/m1/s1. The number of hydrogen-bond donors (Lipinski definition) is 1. The molecule has 1 aliphatic heterocycles. The predicted molar refractivity (Wildman–Crippen MR) is 51.3 cm³/mol. The maximum absolute atomic E-state index is 5.81. The third-order valence-corrected chi connectivity index (χ3v) is 2.51. The van der Waals surface area contributed by atoms with Crippen molar-refractivity contribution < 1.29 is 0 Å². The molecule has 0 radical (unpaired) electrons. The minimum atomic E-state index is 0.387. The minimum absolute atomic E-state index is 0.387. The summed E-state index contributed by atoms with van der Waals surface area (Å²) in [4.78, 5) is 2.40. The van der Waals surface area contributed by atoms with Gasteiger partial charge in [0.05, 0.1) is 6.54 Å². The Kier molecular flexibility index (Phi) is 2.61. The van der Waals surface area contributed by atoms with Gasteiger partial charge in [-0.25, -0.2) is 0 Å². The zero-order chi connectivity index (χ0) is 9.10. The lowest BCUT2D eigenvalue weighted by Crippen LogP contribution is -2.29. The van der Waals surface area contributed by atoms with Crippen molar-refractivity contribution in [3.8, 4) is 0 Å². The Morgan fingerprint density at radius 1 is 1.46 bits per heavy atom. The highest BCUT2D eigenvalue weighted by Gasteiger charge is 2.17. The molecule has 0 aliphatic carbocycles. The second-order valence-corrected chi connectivity index (χ2v) is 3.62. The van der Waals surface area contributed by atoms with Gasteiger partial charge in [-0.05, 0) is 19.0 Å². The first-order valence-corrected chi connectivity index (χ1v) is 4.80. The van der Waals surface area contributed by atoms with E-state index in [9.17, 15) is 0 Å². The molecule has 2 N–H and O–H groups in total. The van der Waals surface area contributed by atoms with Gasteiger partial charge in [-0.1, -0.05) is 0 Å². The maximum Gasteiger partial charge on any atom is 0.0536 e. The maximum atomic E-state index is 5.81. The Labute approximate surface area is 78.3 Å². The molecule has 0 bridgehead atoms. The van der Waals surface area contributed by atoms with Crippen molar-refractivity contribution in [1.29, 1.82) is 0 Å². The Morgan fingerprint density at radius 2 is 2.38 bits per heavy atom. The number of nitrogens with two attached hydrogens (primary N) is 1. The van der Waals surface area contributed by atoms with Gasteiger partial charge in [0.2, 0.25) is 0 Å². The molecule has 1 saturated heterocycles. The van der Waals surface area contributed by atoms with Crippen molar-refractivity contribution in [3.05, 3.63) is 18.5 Å². The normalized spacial score (nSPS) is 23.9. The summed E-state index contributed by atoms with van der Waals surface area (Å²) in [6.07, 6.45) is 4.95. The number of likely N-dealkylation sites (tertiary alicyclic amines) is 1. The molecule has 0 spiro atoms. The van der Waals surface area contributed by atoms with Crippen LogP contribution in [-0.4, -0.2) is 40.4 Å². The van der Waals surface area contributed by atoms with Crippen LogP contribution in [0.25, 0.3) is 0 Å². The summed E-state index contributed by atoms with van der Waals surface area (Å²) in [6.45, 7) is 4.22. The number of aromatic nitrogens is 2. The van der Waals surface area contributed by atoms with E-state index in [0.717, 1.165) is 32.6 Å². The van der Waals surface area contributed by atoms with E-state index in [0.29, 0.717) is 6.04 Å². The molecular formula is C9H16N4. The Morgan fingerprint density at radius 3 is 3.00 bits per heavy atom. The SMILES string of the molecule is N[C@@H]1CCN(CCn2cccn2)C1. The second-order valence-electron chi connectivity index (χ2n) is 3.62. The molecule has 1 aromatic rings. The van der Waals surface area contributed by atoms with Crippen molar-refractivity contribution >= 4 is 0 Å².